The van der Waals surface area contributed by atoms with Gasteiger partial charge >= 0.3 is 5.97 Å². The fraction of sp³-hybridized carbons (Fsp3) is 0.154. The zero-order valence-electron chi connectivity index (χ0n) is 18.6. The molecule has 1 atom stereocenters. The summed E-state index contributed by atoms with van der Waals surface area (Å²) >= 11 is 7.22. The van der Waals surface area contributed by atoms with Crippen molar-refractivity contribution in [1.29, 1.82) is 0 Å². The Bertz CT molecular complexity index is 1250. The summed E-state index contributed by atoms with van der Waals surface area (Å²) in [5, 5.41) is 12.2. The first-order valence-electron chi connectivity index (χ1n) is 10.9. The summed E-state index contributed by atoms with van der Waals surface area (Å²) in [6.07, 6.45) is 0.678. The van der Waals surface area contributed by atoms with Gasteiger partial charge in [-0.1, -0.05) is 53.7 Å². The van der Waals surface area contributed by atoms with Crippen LogP contribution in [0.3, 0.4) is 0 Å². The van der Waals surface area contributed by atoms with E-state index in [-0.39, 0.29) is 23.8 Å². The molecule has 3 aromatic rings. The number of amidine groups is 1. The average molecular weight is 508 g/mol. The highest BCUT2D eigenvalue weighted by atomic mass is 35.5. The largest absolute Gasteiger partial charge is 0.478 e. The van der Waals surface area contributed by atoms with E-state index in [1.54, 1.807) is 29.2 Å². The van der Waals surface area contributed by atoms with Gasteiger partial charge in [-0.05, 0) is 60.5 Å². The number of nitrogens with one attached hydrogen (secondary N) is 1. The van der Waals surface area contributed by atoms with Gasteiger partial charge in [0.15, 0.2) is 5.17 Å². The Kier molecular flexibility index (Phi) is 7.84. The van der Waals surface area contributed by atoms with Crippen LogP contribution in [0.25, 0.3) is 0 Å². The monoisotopic (exact) mass is 507 g/mol. The normalized spacial score (nSPS) is 16.8. The summed E-state index contributed by atoms with van der Waals surface area (Å²) < 4.78 is 0. The van der Waals surface area contributed by atoms with Crippen molar-refractivity contribution in [2.45, 2.75) is 18.1 Å². The van der Waals surface area contributed by atoms with Crippen molar-refractivity contribution in [3.05, 3.63) is 95.0 Å². The number of amides is 2. The van der Waals surface area contributed by atoms with E-state index in [0.29, 0.717) is 34.5 Å². The van der Waals surface area contributed by atoms with Crippen LogP contribution in [-0.4, -0.2) is 44.8 Å². The van der Waals surface area contributed by atoms with Crippen LogP contribution in [0.2, 0.25) is 5.02 Å². The fourth-order valence-corrected chi connectivity index (χ4v) is 4.74. The maximum Gasteiger partial charge on any atom is 0.335 e. The molecule has 0 aromatic heterocycles. The number of halogens is 1. The van der Waals surface area contributed by atoms with Gasteiger partial charge in [0.2, 0.25) is 11.8 Å². The van der Waals surface area contributed by atoms with Crippen molar-refractivity contribution in [2.24, 2.45) is 4.99 Å². The Labute approximate surface area is 211 Å². The molecule has 0 bridgehead atoms. The van der Waals surface area contributed by atoms with E-state index in [1.165, 1.54) is 36.0 Å². The Hall–Kier alpha value is -3.62. The van der Waals surface area contributed by atoms with E-state index in [0.717, 1.165) is 5.56 Å². The molecule has 0 radical (unpaired) electrons. The Morgan fingerprint density at radius 3 is 2.37 bits per heavy atom. The lowest BCUT2D eigenvalue weighted by Crippen LogP contribution is -2.46. The highest BCUT2D eigenvalue weighted by molar-refractivity contribution is 8.15. The quantitative estimate of drug-likeness (QED) is 0.455. The number of carbonyl (C=O) groups excluding carboxylic acids is 2. The molecule has 2 N–H and O–H groups in total. The molecule has 0 saturated carbocycles. The van der Waals surface area contributed by atoms with Gasteiger partial charge in [0.1, 0.15) is 5.25 Å². The Balaban J connectivity index is 1.53. The molecule has 9 heteroatoms. The van der Waals surface area contributed by atoms with Crippen LogP contribution in [-0.2, 0) is 16.0 Å². The lowest BCUT2D eigenvalue weighted by Gasteiger charge is -2.32. The van der Waals surface area contributed by atoms with Crippen molar-refractivity contribution in [1.82, 2.24) is 4.90 Å². The molecule has 1 aliphatic heterocycles. The molecule has 2 amide bonds. The molecule has 3 aromatic carbocycles. The van der Waals surface area contributed by atoms with Crippen LogP contribution in [0.15, 0.2) is 83.9 Å². The van der Waals surface area contributed by atoms with E-state index < -0.39 is 11.2 Å². The molecule has 0 spiro atoms. The standard InChI is InChI=1S/C26H22ClN3O4S/c27-19-8-12-21(13-9-19)29-26-30(15-14-17-4-2-1-3-5-17)23(31)16-22(35-26)24(32)28-20-10-6-18(7-11-20)25(33)34/h1-13,22H,14-16H2,(H,28,32)(H,33,34)/t22-/m0/s1. The van der Waals surface area contributed by atoms with Crippen molar-refractivity contribution in [2.75, 3.05) is 11.9 Å². The third kappa shape index (κ3) is 6.49. The molecule has 0 aliphatic carbocycles. The zero-order valence-corrected chi connectivity index (χ0v) is 20.1. The van der Waals surface area contributed by atoms with Gasteiger partial charge in [0, 0.05) is 23.7 Å². The van der Waals surface area contributed by atoms with Crippen LogP contribution < -0.4 is 5.32 Å². The second-order valence-corrected chi connectivity index (χ2v) is 9.44. The number of hydrogen-bond donors (Lipinski definition) is 2. The number of carboxylic acid groups (broad SMARTS) is 1. The zero-order chi connectivity index (χ0) is 24.8. The van der Waals surface area contributed by atoms with Crippen LogP contribution in [0.1, 0.15) is 22.3 Å². The second-order valence-electron chi connectivity index (χ2n) is 7.83. The van der Waals surface area contributed by atoms with Crippen molar-refractivity contribution in [3.63, 3.8) is 0 Å². The first-order chi connectivity index (χ1) is 16.9. The molecule has 1 fully saturated rings. The van der Waals surface area contributed by atoms with Crippen LogP contribution in [0.5, 0.6) is 0 Å². The maximum absolute atomic E-state index is 13.1. The summed E-state index contributed by atoms with van der Waals surface area (Å²) in [7, 11) is 0. The van der Waals surface area contributed by atoms with Crippen molar-refractivity contribution < 1.29 is 19.5 Å². The van der Waals surface area contributed by atoms with Crippen LogP contribution in [0, 0.1) is 0 Å². The van der Waals surface area contributed by atoms with E-state index in [9.17, 15) is 14.4 Å². The Morgan fingerprint density at radius 1 is 1.03 bits per heavy atom. The lowest BCUT2D eigenvalue weighted by atomic mass is 10.1. The number of rotatable bonds is 7. The number of nitrogens with zero attached hydrogens (tertiary/aromatic N) is 2. The lowest BCUT2D eigenvalue weighted by molar-refractivity contribution is -0.129. The average Bonchev–Trinajstić information content (AvgIpc) is 2.85. The van der Waals surface area contributed by atoms with Gasteiger partial charge in [-0.2, -0.15) is 0 Å². The van der Waals surface area contributed by atoms with E-state index in [2.05, 4.69) is 10.3 Å². The van der Waals surface area contributed by atoms with E-state index >= 15 is 0 Å². The summed E-state index contributed by atoms with van der Waals surface area (Å²) in [4.78, 5) is 43.4. The highest BCUT2D eigenvalue weighted by Crippen LogP contribution is 2.30. The molecule has 7 nitrogen and oxygen atoms in total. The minimum Gasteiger partial charge on any atom is -0.478 e. The molecule has 178 valence electrons. The molecule has 1 heterocycles. The smallest absolute Gasteiger partial charge is 0.335 e. The number of aromatic carboxylic acids is 1. The van der Waals surface area contributed by atoms with Crippen LogP contribution in [0.4, 0.5) is 11.4 Å². The number of carboxylic acids is 1. The maximum atomic E-state index is 13.1. The summed E-state index contributed by atoms with van der Waals surface area (Å²) in [6.45, 7) is 0.438. The predicted octanol–water partition coefficient (Wildman–Crippen LogP) is 5.24. The molecule has 4 rings (SSSR count). The predicted molar refractivity (Wildman–Crippen MR) is 138 cm³/mol. The number of aliphatic imine (C=N–C) groups is 1. The first-order valence-corrected chi connectivity index (χ1v) is 12.1. The summed E-state index contributed by atoms with van der Waals surface area (Å²) in [5.41, 5.74) is 2.30. The minimum absolute atomic E-state index is 0.0259. The molecular weight excluding hydrogens is 486 g/mol. The van der Waals surface area contributed by atoms with Gasteiger partial charge in [-0.3, -0.25) is 14.5 Å². The Morgan fingerprint density at radius 2 is 1.71 bits per heavy atom. The molecule has 1 saturated heterocycles. The summed E-state index contributed by atoms with van der Waals surface area (Å²) in [6, 6.07) is 22.7. The topological polar surface area (TPSA) is 99.1 Å². The third-order valence-corrected chi connectivity index (χ3v) is 6.79. The third-order valence-electron chi connectivity index (χ3n) is 5.35. The molecule has 1 aliphatic rings. The van der Waals surface area contributed by atoms with E-state index in [4.69, 9.17) is 16.7 Å². The minimum atomic E-state index is -1.05. The number of thioether (sulfide) groups is 1. The van der Waals surface area contributed by atoms with Crippen molar-refractivity contribution >= 4 is 57.7 Å². The molecule has 0 unspecified atom stereocenters. The van der Waals surface area contributed by atoms with Crippen molar-refractivity contribution in [3.8, 4) is 0 Å². The second kappa shape index (κ2) is 11.2. The first kappa shape index (κ1) is 24.5. The fourth-order valence-electron chi connectivity index (χ4n) is 3.49. The number of carbonyl (C=O) groups is 3. The van der Waals surface area contributed by atoms with Gasteiger partial charge in [-0.15, -0.1) is 0 Å². The number of anilines is 1. The van der Waals surface area contributed by atoms with Gasteiger partial charge in [0.25, 0.3) is 0 Å². The molecule has 35 heavy (non-hydrogen) atoms. The summed E-state index contributed by atoms with van der Waals surface area (Å²) in [5.74, 6) is -1.58. The van der Waals surface area contributed by atoms with Gasteiger partial charge in [-0.25, -0.2) is 9.79 Å². The van der Waals surface area contributed by atoms with Crippen LogP contribution >= 0.6 is 23.4 Å². The van der Waals surface area contributed by atoms with Gasteiger partial charge < -0.3 is 10.4 Å². The van der Waals surface area contributed by atoms with Gasteiger partial charge in [0.05, 0.1) is 11.3 Å². The number of hydrogen-bond acceptors (Lipinski definition) is 5. The SMILES string of the molecule is O=C(O)c1ccc(NC(=O)[C@@H]2CC(=O)N(CCc3ccccc3)C(=Nc3ccc(Cl)cc3)S2)cc1. The number of benzene rings is 3. The highest BCUT2D eigenvalue weighted by Gasteiger charge is 2.35. The van der Waals surface area contributed by atoms with E-state index in [1.807, 2.05) is 30.3 Å². The molecular formula is C26H22ClN3O4S.